The molecule has 1 heterocycles. The van der Waals surface area contributed by atoms with E-state index in [9.17, 15) is 4.79 Å². The topological polar surface area (TPSA) is 78.8 Å². The fourth-order valence-corrected chi connectivity index (χ4v) is 4.43. The molecule has 4 rings (SSSR count). The molecule has 0 fully saturated rings. The Labute approximate surface area is 218 Å². The van der Waals surface area contributed by atoms with Crippen molar-refractivity contribution in [3.63, 3.8) is 0 Å². The van der Waals surface area contributed by atoms with Crippen LogP contribution in [0.25, 0.3) is 0 Å². The fraction of sp³-hybridized carbons (Fsp3) is 0.259. The van der Waals surface area contributed by atoms with Crippen molar-refractivity contribution >= 4 is 27.5 Å². The van der Waals surface area contributed by atoms with Gasteiger partial charge in [0.05, 0.1) is 47.3 Å². The molecule has 3 aromatic rings. The highest BCUT2D eigenvalue weighted by molar-refractivity contribution is 9.10. The molecule has 0 bridgehead atoms. The number of rotatable bonds is 8. The number of ether oxygens (including phenoxy) is 5. The number of nitrogens with zero attached hydrogens (tertiary/aromatic N) is 2. The number of carbonyl (C=O) groups excluding carboxylic acids is 1. The molecule has 3 aromatic carbocycles. The Morgan fingerprint density at radius 3 is 1.97 bits per heavy atom. The average Bonchev–Trinajstić information content (AvgIpc) is 3.37. The minimum Gasteiger partial charge on any atom is -0.493 e. The monoisotopic (exact) mass is 554 g/mol. The van der Waals surface area contributed by atoms with Crippen molar-refractivity contribution in [3.05, 3.63) is 75.8 Å². The van der Waals surface area contributed by atoms with Gasteiger partial charge in [0, 0.05) is 22.0 Å². The Morgan fingerprint density at radius 1 is 0.806 bits per heavy atom. The minimum atomic E-state index is -0.312. The second-order valence-corrected chi connectivity index (χ2v) is 8.87. The van der Waals surface area contributed by atoms with E-state index in [-0.39, 0.29) is 11.9 Å². The average molecular weight is 555 g/mol. The lowest BCUT2D eigenvalue weighted by atomic mass is 9.98. The van der Waals surface area contributed by atoms with Crippen LogP contribution in [-0.2, 0) is 0 Å². The molecule has 0 N–H and O–H groups in total. The first kappa shape index (κ1) is 25.4. The molecule has 0 saturated carbocycles. The molecule has 1 aliphatic rings. The number of hydrogen-bond acceptors (Lipinski definition) is 7. The quantitative estimate of drug-likeness (QED) is 0.366. The van der Waals surface area contributed by atoms with Gasteiger partial charge in [0.2, 0.25) is 5.75 Å². The van der Waals surface area contributed by atoms with Crippen LogP contribution in [0.4, 0.5) is 0 Å². The van der Waals surface area contributed by atoms with E-state index in [0.29, 0.717) is 40.7 Å². The molecule has 0 saturated heterocycles. The largest absolute Gasteiger partial charge is 0.493 e. The molecule has 1 amide bonds. The van der Waals surface area contributed by atoms with E-state index in [2.05, 4.69) is 15.9 Å². The molecule has 0 radical (unpaired) electrons. The smallest absolute Gasteiger partial charge is 0.274 e. The molecule has 1 aliphatic heterocycles. The zero-order valence-corrected chi connectivity index (χ0v) is 22.3. The molecule has 0 spiro atoms. The van der Waals surface area contributed by atoms with E-state index in [4.69, 9.17) is 28.8 Å². The van der Waals surface area contributed by atoms with Crippen molar-refractivity contribution in [2.45, 2.75) is 12.5 Å². The van der Waals surface area contributed by atoms with E-state index in [1.807, 2.05) is 42.5 Å². The van der Waals surface area contributed by atoms with E-state index < -0.39 is 0 Å². The molecule has 36 heavy (non-hydrogen) atoms. The van der Waals surface area contributed by atoms with Gasteiger partial charge in [0.25, 0.3) is 5.91 Å². The summed E-state index contributed by atoms with van der Waals surface area (Å²) in [6.45, 7) is 0. The van der Waals surface area contributed by atoms with Crippen molar-refractivity contribution in [3.8, 4) is 28.7 Å². The maximum Gasteiger partial charge on any atom is 0.274 e. The van der Waals surface area contributed by atoms with Gasteiger partial charge in [-0.1, -0.05) is 28.1 Å². The van der Waals surface area contributed by atoms with Gasteiger partial charge in [-0.2, -0.15) is 5.10 Å². The molecule has 188 valence electrons. The highest BCUT2D eigenvalue weighted by atomic mass is 79.9. The Morgan fingerprint density at radius 2 is 1.42 bits per heavy atom. The van der Waals surface area contributed by atoms with E-state index in [0.717, 1.165) is 21.3 Å². The molecular formula is C27H27BrN2O6. The van der Waals surface area contributed by atoms with E-state index in [1.165, 1.54) is 26.3 Å². The predicted octanol–water partition coefficient (Wildman–Crippen LogP) is 5.48. The van der Waals surface area contributed by atoms with Crippen LogP contribution in [0.3, 0.4) is 0 Å². The highest BCUT2D eigenvalue weighted by Crippen LogP contribution is 2.41. The number of methoxy groups -OCH3 is 5. The lowest BCUT2D eigenvalue weighted by Gasteiger charge is -2.23. The first-order valence-corrected chi connectivity index (χ1v) is 11.9. The van der Waals surface area contributed by atoms with E-state index >= 15 is 0 Å². The van der Waals surface area contributed by atoms with Gasteiger partial charge in [0.1, 0.15) is 0 Å². The Kier molecular flexibility index (Phi) is 7.69. The van der Waals surface area contributed by atoms with Crippen molar-refractivity contribution in [2.24, 2.45) is 5.10 Å². The van der Waals surface area contributed by atoms with Crippen LogP contribution in [0.15, 0.2) is 64.2 Å². The Hall–Kier alpha value is -3.72. The molecule has 0 aromatic heterocycles. The number of carbonyl (C=O) groups is 1. The number of halogens is 1. The van der Waals surface area contributed by atoms with Gasteiger partial charge in [-0.05, 0) is 48.0 Å². The second-order valence-electron chi connectivity index (χ2n) is 7.95. The number of benzene rings is 3. The summed E-state index contributed by atoms with van der Waals surface area (Å²) in [6, 6.07) is 16.4. The maximum atomic E-state index is 13.8. The maximum absolute atomic E-state index is 13.8. The molecule has 1 unspecified atom stereocenters. The summed E-state index contributed by atoms with van der Waals surface area (Å²) in [5.41, 5.74) is 2.92. The fourth-order valence-electron chi connectivity index (χ4n) is 4.17. The van der Waals surface area contributed by atoms with Crippen LogP contribution < -0.4 is 23.7 Å². The third kappa shape index (κ3) is 4.83. The molecular weight excluding hydrogens is 528 g/mol. The van der Waals surface area contributed by atoms with Crippen molar-refractivity contribution < 1.29 is 28.5 Å². The van der Waals surface area contributed by atoms with E-state index in [1.54, 1.807) is 26.4 Å². The van der Waals surface area contributed by atoms with Crippen molar-refractivity contribution in [2.75, 3.05) is 35.5 Å². The zero-order chi connectivity index (χ0) is 25.8. The standard InChI is InChI=1S/C27H27BrN2O6/c1-32-22-11-8-17(12-23(22)33-2)20-15-21(16-6-9-19(28)10-7-16)30(29-20)27(31)18-13-24(34-3)26(36-5)25(14-18)35-4/h6-14,21H,15H2,1-5H3. The van der Waals surface area contributed by atoms with Gasteiger partial charge in [-0.3, -0.25) is 4.79 Å². The predicted molar refractivity (Wildman–Crippen MR) is 140 cm³/mol. The lowest BCUT2D eigenvalue weighted by Crippen LogP contribution is -2.27. The minimum absolute atomic E-state index is 0.294. The van der Waals surface area contributed by atoms with Crippen LogP contribution in [0.2, 0.25) is 0 Å². The summed E-state index contributed by atoms with van der Waals surface area (Å²) in [5, 5.41) is 6.29. The second kappa shape index (κ2) is 10.9. The highest BCUT2D eigenvalue weighted by Gasteiger charge is 2.35. The summed E-state index contributed by atoms with van der Waals surface area (Å²) in [6.07, 6.45) is 0.521. The molecule has 1 atom stereocenters. The summed E-state index contributed by atoms with van der Waals surface area (Å²) in [7, 11) is 7.72. The van der Waals surface area contributed by atoms with Crippen molar-refractivity contribution in [1.82, 2.24) is 5.01 Å². The van der Waals surface area contributed by atoms with Crippen LogP contribution in [0.5, 0.6) is 28.7 Å². The van der Waals surface area contributed by atoms with Crippen LogP contribution in [0.1, 0.15) is 33.9 Å². The molecule has 0 aliphatic carbocycles. The number of hydrazone groups is 1. The van der Waals surface area contributed by atoms with Gasteiger partial charge >= 0.3 is 0 Å². The lowest BCUT2D eigenvalue weighted by molar-refractivity contribution is 0.0710. The molecule has 9 heteroatoms. The summed E-state index contributed by atoms with van der Waals surface area (Å²) in [5.74, 6) is 2.11. The van der Waals surface area contributed by atoms with Crippen LogP contribution in [0, 0.1) is 0 Å². The third-order valence-corrected chi connectivity index (χ3v) is 6.53. The summed E-state index contributed by atoms with van der Waals surface area (Å²) >= 11 is 3.48. The van der Waals surface area contributed by atoms with Gasteiger partial charge in [0.15, 0.2) is 23.0 Å². The van der Waals surface area contributed by atoms with Crippen LogP contribution >= 0.6 is 15.9 Å². The Bertz CT molecular complexity index is 1270. The normalized spacial score (nSPS) is 14.8. The zero-order valence-electron chi connectivity index (χ0n) is 20.7. The van der Waals surface area contributed by atoms with Crippen LogP contribution in [-0.4, -0.2) is 52.2 Å². The summed E-state index contributed by atoms with van der Waals surface area (Å²) in [4.78, 5) is 13.8. The first-order valence-electron chi connectivity index (χ1n) is 11.1. The Balaban J connectivity index is 1.79. The van der Waals surface area contributed by atoms with Crippen molar-refractivity contribution in [1.29, 1.82) is 0 Å². The number of amides is 1. The van der Waals surface area contributed by atoms with Gasteiger partial charge < -0.3 is 23.7 Å². The van der Waals surface area contributed by atoms with Gasteiger partial charge in [-0.25, -0.2) is 5.01 Å². The SMILES string of the molecule is COc1ccc(C2=NN(C(=O)c3cc(OC)c(OC)c(OC)c3)C(c3ccc(Br)cc3)C2)cc1OC. The third-order valence-electron chi connectivity index (χ3n) is 6.00. The van der Waals surface area contributed by atoms with Gasteiger partial charge in [-0.15, -0.1) is 0 Å². The number of hydrogen-bond donors (Lipinski definition) is 0. The summed E-state index contributed by atoms with van der Waals surface area (Å²) < 4.78 is 28.1. The molecule has 8 nitrogen and oxygen atoms in total. The first-order chi connectivity index (χ1) is 17.4.